The molecule has 0 unspecified atom stereocenters. The number of alkyl halides is 2. The Hall–Kier alpha value is -1.30. The van der Waals surface area contributed by atoms with Crippen molar-refractivity contribution in [2.75, 3.05) is 7.11 Å². The van der Waals surface area contributed by atoms with E-state index >= 15 is 0 Å². The molecule has 7 heteroatoms. The maximum absolute atomic E-state index is 13.0. The smallest absolute Gasteiger partial charge is 0.284 e. The highest BCUT2D eigenvalue weighted by molar-refractivity contribution is 6.67. The fourth-order valence-corrected chi connectivity index (χ4v) is 1.08. The van der Waals surface area contributed by atoms with Gasteiger partial charge in [0, 0.05) is 6.07 Å². The monoisotopic (exact) mass is 239 g/mol. The molecule has 0 aromatic carbocycles. The predicted molar refractivity (Wildman–Crippen MR) is 45.9 cm³/mol. The van der Waals surface area contributed by atoms with Crippen molar-refractivity contribution >= 4 is 16.8 Å². The van der Waals surface area contributed by atoms with Gasteiger partial charge in [-0.25, -0.2) is 18.2 Å². The molecule has 0 N–H and O–H groups in total. The van der Waals surface area contributed by atoms with Gasteiger partial charge in [-0.1, -0.05) is 0 Å². The second-order valence-electron chi connectivity index (χ2n) is 2.48. The Labute approximate surface area is 87.8 Å². The van der Waals surface area contributed by atoms with Gasteiger partial charge in [0.1, 0.15) is 11.4 Å². The van der Waals surface area contributed by atoms with Crippen molar-refractivity contribution < 1.29 is 22.7 Å². The first-order valence-electron chi connectivity index (χ1n) is 3.69. The highest BCUT2D eigenvalue weighted by Gasteiger charge is 2.22. The normalized spacial score (nSPS) is 10.5. The average Bonchev–Trinajstić information content (AvgIpc) is 2.16. The Balaban J connectivity index is 3.37. The van der Waals surface area contributed by atoms with E-state index in [0.29, 0.717) is 6.07 Å². The number of rotatable bonds is 3. The van der Waals surface area contributed by atoms with E-state index in [1.54, 1.807) is 0 Å². The number of ether oxygens (including phenoxy) is 1. The molecule has 3 nitrogen and oxygen atoms in total. The standard InChI is InChI=1S/C8H5ClF3NO2/c1-15-4-2-3(10)5(7(9)14)13-6(4)8(11)12/h2,8H,1H3. The molecule has 0 saturated heterocycles. The van der Waals surface area contributed by atoms with Crippen LogP contribution in [0.4, 0.5) is 13.2 Å². The molecule has 0 aliphatic heterocycles. The molecule has 0 aliphatic rings. The lowest BCUT2D eigenvalue weighted by molar-refractivity contribution is 0.106. The summed E-state index contributed by atoms with van der Waals surface area (Å²) in [6.07, 6.45) is -2.98. The third-order valence-corrected chi connectivity index (χ3v) is 1.76. The van der Waals surface area contributed by atoms with E-state index in [9.17, 15) is 18.0 Å². The average molecular weight is 240 g/mol. The summed E-state index contributed by atoms with van der Waals surface area (Å²) in [5.74, 6) is -1.53. The number of methoxy groups -OCH3 is 1. The molecule has 0 aliphatic carbocycles. The second-order valence-corrected chi connectivity index (χ2v) is 2.82. The van der Waals surface area contributed by atoms with Crippen LogP contribution in [0.15, 0.2) is 6.07 Å². The molecule has 1 heterocycles. The summed E-state index contributed by atoms with van der Waals surface area (Å²) in [4.78, 5) is 13.7. The third kappa shape index (κ3) is 2.38. The van der Waals surface area contributed by atoms with Gasteiger partial charge in [0.05, 0.1) is 7.11 Å². The molecular formula is C8H5ClF3NO2. The lowest BCUT2D eigenvalue weighted by Gasteiger charge is -2.08. The van der Waals surface area contributed by atoms with Gasteiger partial charge in [-0.15, -0.1) is 0 Å². The van der Waals surface area contributed by atoms with Crippen LogP contribution in [-0.4, -0.2) is 17.3 Å². The van der Waals surface area contributed by atoms with E-state index in [1.807, 2.05) is 0 Å². The minimum absolute atomic E-state index is 0.427. The summed E-state index contributed by atoms with van der Waals surface area (Å²) in [5.41, 5.74) is -1.66. The van der Waals surface area contributed by atoms with Crippen molar-refractivity contribution in [2.45, 2.75) is 6.43 Å². The van der Waals surface area contributed by atoms with Crippen LogP contribution in [0.25, 0.3) is 0 Å². The molecule has 0 fully saturated rings. The summed E-state index contributed by atoms with van der Waals surface area (Å²) in [5, 5.41) is -1.24. The summed E-state index contributed by atoms with van der Waals surface area (Å²) in [6, 6.07) is 0.643. The quantitative estimate of drug-likeness (QED) is 0.761. The first kappa shape index (κ1) is 11.8. The van der Waals surface area contributed by atoms with Crippen LogP contribution in [0.2, 0.25) is 0 Å². The molecule has 82 valence electrons. The van der Waals surface area contributed by atoms with E-state index < -0.39 is 34.6 Å². The Kier molecular flexibility index (Phi) is 3.52. The van der Waals surface area contributed by atoms with Gasteiger partial charge in [0.25, 0.3) is 11.7 Å². The van der Waals surface area contributed by atoms with Crippen molar-refractivity contribution in [1.82, 2.24) is 4.98 Å². The zero-order chi connectivity index (χ0) is 11.6. The Morgan fingerprint density at radius 2 is 2.20 bits per heavy atom. The topological polar surface area (TPSA) is 39.2 Å². The first-order valence-corrected chi connectivity index (χ1v) is 4.07. The van der Waals surface area contributed by atoms with Crippen LogP contribution < -0.4 is 4.74 Å². The van der Waals surface area contributed by atoms with Crippen molar-refractivity contribution in [1.29, 1.82) is 0 Å². The van der Waals surface area contributed by atoms with Crippen LogP contribution in [0.5, 0.6) is 5.75 Å². The molecule has 0 amide bonds. The van der Waals surface area contributed by atoms with Crippen molar-refractivity contribution in [3.05, 3.63) is 23.3 Å². The van der Waals surface area contributed by atoms with Gasteiger partial charge in [-0.05, 0) is 11.6 Å². The second kappa shape index (κ2) is 4.48. The number of nitrogens with zero attached hydrogens (tertiary/aromatic N) is 1. The van der Waals surface area contributed by atoms with Gasteiger partial charge >= 0.3 is 0 Å². The van der Waals surface area contributed by atoms with Crippen molar-refractivity contribution in [3.63, 3.8) is 0 Å². The lowest BCUT2D eigenvalue weighted by Crippen LogP contribution is -2.05. The van der Waals surface area contributed by atoms with Crippen LogP contribution in [-0.2, 0) is 0 Å². The Morgan fingerprint density at radius 3 is 2.60 bits per heavy atom. The Morgan fingerprint density at radius 1 is 1.60 bits per heavy atom. The van der Waals surface area contributed by atoms with E-state index in [4.69, 9.17) is 11.6 Å². The molecule has 1 aromatic rings. The maximum Gasteiger partial charge on any atom is 0.284 e. The maximum atomic E-state index is 13.0. The number of carbonyl (C=O) groups is 1. The highest BCUT2D eigenvalue weighted by atomic mass is 35.5. The predicted octanol–water partition coefficient (Wildman–Crippen LogP) is 2.55. The van der Waals surface area contributed by atoms with Crippen LogP contribution in [0, 0.1) is 5.82 Å². The molecule has 1 aromatic heterocycles. The molecule has 0 spiro atoms. The highest BCUT2D eigenvalue weighted by Crippen LogP contribution is 2.28. The van der Waals surface area contributed by atoms with E-state index in [2.05, 4.69) is 9.72 Å². The third-order valence-electron chi connectivity index (χ3n) is 1.58. The minimum Gasteiger partial charge on any atom is -0.495 e. The summed E-state index contributed by atoms with van der Waals surface area (Å²) >= 11 is 4.95. The molecule has 0 atom stereocenters. The van der Waals surface area contributed by atoms with Crippen LogP contribution >= 0.6 is 11.6 Å². The molecule has 15 heavy (non-hydrogen) atoms. The number of pyridine rings is 1. The van der Waals surface area contributed by atoms with Gasteiger partial charge < -0.3 is 4.74 Å². The van der Waals surface area contributed by atoms with Crippen LogP contribution in [0.3, 0.4) is 0 Å². The molecular weight excluding hydrogens is 235 g/mol. The number of hydrogen-bond acceptors (Lipinski definition) is 3. The molecule has 0 radical (unpaired) electrons. The fourth-order valence-electron chi connectivity index (χ4n) is 0.944. The number of carbonyl (C=O) groups excluding carboxylic acids is 1. The summed E-state index contributed by atoms with van der Waals surface area (Å²) in [7, 11) is 1.09. The zero-order valence-electron chi connectivity index (χ0n) is 7.43. The van der Waals surface area contributed by atoms with Gasteiger partial charge in [-0.2, -0.15) is 0 Å². The lowest BCUT2D eigenvalue weighted by atomic mass is 10.2. The van der Waals surface area contributed by atoms with Crippen LogP contribution in [0.1, 0.15) is 22.6 Å². The van der Waals surface area contributed by atoms with Crippen molar-refractivity contribution in [2.24, 2.45) is 0 Å². The zero-order valence-corrected chi connectivity index (χ0v) is 8.19. The number of hydrogen-bond donors (Lipinski definition) is 0. The molecule has 1 rings (SSSR count). The van der Waals surface area contributed by atoms with Gasteiger partial charge in [0.15, 0.2) is 11.5 Å². The van der Waals surface area contributed by atoms with Gasteiger partial charge in [-0.3, -0.25) is 4.79 Å². The SMILES string of the molecule is COc1cc(F)c(C(=O)Cl)nc1C(F)F. The summed E-state index contributed by atoms with van der Waals surface area (Å²) < 4.78 is 42.3. The van der Waals surface area contributed by atoms with Gasteiger partial charge in [0.2, 0.25) is 0 Å². The fraction of sp³-hybridized carbons (Fsp3) is 0.250. The minimum atomic E-state index is -2.98. The first-order chi connectivity index (χ1) is 6.97. The number of aromatic nitrogens is 1. The Bertz CT molecular complexity index is 398. The largest absolute Gasteiger partial charge is 0.495 e. The van der Waals surface area contributed by atoms with E-state index in [0.717, 1.165) is 7.11 Å². The molecule has 0 saturated carbocycles. The van der Waals surface area contributed by atoms with E-state index in [1.165, 1.54) is 0 Å². The molecule has 0 bridgehead atoms. The van der Waals surface area contributed by atoms with Crippen molar-refractivity contribution in [3.8, 4) is 5.75 Å². The number of halogens is 4. The summed E-state index contributed by atoms with van der Waals surface area (Å²) in [6.45, 7) is 0. The van der Waals surface area contributed by atoms with E-state index in [-0.39, 0.29) is 0 Å².